The normalized spacial score (nSPS) is 25.9. The first kappa shape index (κ1) is 12.8. The van der Waals surface area contributed by atoms with Crippen molar-refractivity contribution in [2.75, 3.05) is 18.6 Å². The van der Waals surface area contributed by atoms with Crippen molar-refractivity contribution < 1.29 is 9.90 Å². The minimum Gasteiger partial charge on any atom is -0.480 e. The molecule has 88 valence electrons. The van der Waals surface area contributed by atoms with Gasteiger partial charge in [-0.15, -0.1) is 0 Å². The third-order valence-electron chi connectivity index (χ3n) is 3.05. The number of carbonyl (C=O) groups is 1. The number of thioether (sulfide) groups is 1. The summed E-state index contributed by atoms with van der Waals surface area (Å²) in [6.07, 6.45) is 5.56. The monoisotopic (exact) mass is 232 g/mol. The van der Waals surface area contributed by atoms with Crippen molar-refractivity contribution in [3.63, 3.8) is 0 Å². The summed E-state index contributed by atoms with van der Waals surface area (Å²) < 4.78 is 0. The molecule has 0 radical (unpaired) electrons. The van der Waals surface area contributed by atoms with Crippen LogP contribution in [0.25, 0.3) is 0 Å². The molecule has 2 unspecified atom stereocenters. The van der Waals surface area contributed by atoms with E-state index in [9.17, 15) is 9.90 Å². The molecular weight excluding hydrogens is 212 g/mol. The van der Waals surface area contributed by atoms with Crippen LogP contribution in [0, 0.1) is 0 Å². The van der Waals surface area contributed by atoms with Gasteiger partial charge in [0.25, 0.3) is 0 Å². The van der Waals surface area contributed by atoms with Crippen LogP contribution < -0.4 is 11.1 Å². The fourth-order valence-electron chi connectivity index (χ4n) is 1.99. The van der Waals surface area contributed by atoms with Gasteiger partial charge in [0.05, 0.1) is 0 Å². The van der Waals surface area contributed by atoms with Gasteiger partial charge < -0.3 is 16.2 Å². The van der Waals surface area contributed by atoms with Crippen LogP contribution in [0.5, 0.6) is 0 Å². The molecule has 0 aromatic heterocycles. The molecule has 0 aliphatic carbocycles. The van der Waals surface area contributed by atoms with Crippen molar-refractivity contribution in [3.8, 4) is 0 Å². The third kappa shape index (κ3) is 3.09. The molecule has 15 heavy (non-hydrogen) atoms. The molecule has 1 heterocycles. The first-order chi connectivity index (χ1) is 7.11. The van der Waals surface area contributed by atoms with Gasteiger partial charge in [0.2, 0.25) is 0 Å². The Balaban J connectivity index is 2.65. The molecular formula is C10H20N2O2S. The Hall–Kier alpha value is -0.260. The number of piperidine rings is 1. The molecule has 0 aromatic rings. The Morgan fingerprint density at radius 1 is 1.67 bits per heavy atom. The van der Waals surface area contributed by atoms with Crippen molar-refractivity contribution in [3.05, 3.63) is 0 Å². The van der Waals surface area contributed by atoms with E-state index in [-0.39, 0.29) is 6.04 Å². The summed E-state index contributed by atoms with van der Waals surface area (Å²) in [4.78, 5) is 11.3. The second kappa shape index (κ2) is 5.72. The highest BCUT2D eigenvalue weighted by atomic mass is 32.2. The smallest absolute Gasteiger partial charge is 0.325 e. The quantitative estimate of drug-likeness (QED) is 0.649. The number of aliphatic carboxylic acids is 1. The predicted molar refractivity (Wildman–Crippen MR) is 63.2 cm³/mol. The highest BCUT2D eigenvalue weighted by Crippen LogP contribution is 2.22. The molecule has 4 N–H and O–H groups in total. The average molecular weight is 232 g/mol. The summed E-state index contributed by atoms with van der Waals surface area (Å²) >= 11 is 1.64. The molecule has 0 aromatic carbocycles. The Labute approximate surface area is 95.0 Å². The van der Waals surface area contributed by atoms with E-state index in [1.807, 2.05) is 6.26 Å². The molecule has 1 aliphatic rings. The van der Waals surface area contributed by atoms with Crippen molar-refractivity contribution in [2.24, 2.45) is 5.73 Å². The van der Waals surface area contributed by atoms with Gasteiger partial charge >= 0.3 is 5.97 Å². The Morgan fingerprint density at radius 3 is 2.87 bits per heavy atom. The zero-order valence-electron chi connectivity index (χ0n) is 9.16. The van der Waals surface area contributed by atoms with Crippen molar-refractivity contribution >= 4 is 17.7 Å². The molecule has 5 heteroatoms. The van der Waals surface area contributed by atoms with E-state index < -0.39 is 11.5 Å². The first-order valence-electron chi connectivity index (χ1n) is 5.36. The van der Waals surface area contributed by atoms with E-state index in [1.54, 1.807) is 11.8 Å². The molecule has 1 aliphatic heterocycles. The fourth-order valence-corrected chi connectivity index (χ4v) is 2.53. The second-order valence-electron chi connectivity index (χ2n) is 4.09. The van der Waals surface area contributed by atoms with Gasteiger partial charge in [-0.2, -0.15) is 11.8 Å². The number of nitrogens with two attached hydrogens (primary N) is 1. The van der Waals surface area contributed by atoms with Crippen LogP contribution in [0.1, 0.15) is 25.7 Å². The number of hydrogen-bond acceptors (Lipinski definition) is 4. The van der Waals surface area contributed by atoms with Crippen LogP contribution >= 0.6 is 11.8 Å². The molecule has 0 saturated carbocycles. The van der Waals surface area contributed by atoms with Gasteiger partial charge in [-0.25, -0.2) is 0 Å². The van der Waals surface area contributed by atoms with Gasteiger partial charge in [-0.3, -0.25) is 4.79 Å². The maximum atomic E-state index is 11.3. The highest BCUT2D eigenvalue weighted by molar-refractivity contribution is 7.98. The largest absolute Gasteiger partial charge is 0.480 e. The number of hydrogen-bond donors (Lipinski definition) is 3. The molecule has 1 rings (SSSR count). The van der Waals surface area contributed by atoms with Gasteiger partial charge in [0.1, 0.15) is 5.54 Å². The fraction of sp³-hybridized carbons (Fsp3) is 0.900. The second-order valence-corrected chi connectivity index (χ2v) is 5.08. The number of carboxylic acids is 1. The predicted octanol–water partition coefficient (Wildman–Crippen LogP) is 0.664. The minimum atomic E-state index is -1.09. The van der Waals surface area contributed by atoms with E-state index in [4.69, 9.17) is 5.73 Å². The van der Waals surface area contributed by atoms with E-state index in [0.717, 1.165) is 31.6 Å². The van der Waals surface area contributed by atoms with Gasteiger partial charge in [0.15, 0.2) is 0 Å². The zero-order valence-corrected chi connectivity index (χ0v) is 9.98. The van der Waals surface area contributed by atoms with E-state index >= 15 is 0 Å². The van der Waals surface area contributed by atoms with E-state index in [0.29, 0.717) is 6.42 Å². The maximum Gasteiger partial charge on any atom is 0.325 e. The minimum absolute atomic E-state index is 0.0732. The first-order valence-corrected chi connectivity index (χ1v) is 6.75. The molecule has 0 bridgehead atoms. The van der Waals surface area contributed by atoms with Crippen LogP contribution in [0.4, 0.5) is 0 Å². The summed E-state index contributed by atoms with van der Waals surface area (Å²) in [7, 11) is 0. The standard InChI is InChI=1S/C10H20N2O2S/c1-15-7-5-10(11,9(13)14)8-4-2-3-6-12-8/h8,12H,2-7,11H2,1H3,(H,13,14). The molecule has 1 fully saturated rings. The lowest BCUT2D eigenvalue weighted by Gasteiger charge is -2.36. The van der Waals surface area contributed by atoms with Crippen molar-refractivity contribution in [1.82, 2.24) is 5.32 Å². The van der Waals surface area contributed by atoms with Crippen LogP contribution in [-0.4, -0.2) is 41.2 Å². The van der Waals surface area contributed by atoms with Crippen LogP contribution in [-0.2, 0) is 4.79 Å². The van der Waals surface area contributed by atoms with Crippen molar-refractivity contribution in [2.45, 2.75) is 37.3 Å². The SMILES string of the molecule is CSCCC(N)(C(=O)O)C1CCCCN1. The molecule has 0 amide bonds. The summed E-state index contributed by atoms with van der Waals surface area (Å²) in [5.74, 6) is -0.0861. The third-order valence-corrected chi connectivity index (χ3v) is 3.66. The lowest BCUT2D eigenvalue weighted by Crippen LogP contribution is -2.63. The lowest BCUT2D eigenvalue weighted by molar-refractivity contribution is -0.145. The van der Waals surface area contributed by atoms with Crippen LogP contribution in [0.3, 0.4) is 0 Å². The Morgan fingerprint density at radius 2 is 2.40 bits per heavy atom. The van der Waals surface area contributed by atoms with Gasteiger partial charge in [-0.05, 0) is 37.8 Å². The topological polar surface area (TPSA) is 75.4 Å². The molecule has 4 nitrogen and oxygen atoms in total. The van der Waals surface area contributed by atoms with Crippen molar-refractivity contribution in [1.29, 1.82) is 0 Å². The van der Waals surface area contributed by atoms with Crippen LogP contribution in [0.2, 0.25) is 0 Å². The van der Waals surface area contributed by atoms with Gasteiger partial charge in [-0.1, -0.05) is 6.42 Å². The summed E-state index contributed by atoms with van der Waals surface area (Å²) in [5, 5.41) is 12.5. The lowest BCUT2D eigenvalue weighted by atomic mass is 9.83. The summed E-state index contributed by atoms with van der Waals surface area (Å²) in [6, 6.07) is -0.0732. The maximum absolute atomic E-state index is 11.3. The van der Waals surface area contributed by atoms with E-state index in [1.165, 1.54) is 0 Å². The highest BCUT2D eigenvalue weighted by Gasteiger charge is 2.42. The number of rotatable bonds is 5. The molecule has 0 spiro atoms. The Bertz CT molecular complexity index is 219. The van der Waals surface area contributed by atoms with E-state index in [2.05, 4.69) is 5.32 Å². The summed E-state index contributed by atoms with van der Waals surface area (Å²) in [6.45, 7) is 0.885. The number of nitrogens with one attached hydrogen (secondary N) is 1. The average Bonchev–Trinajstić information content (AvgIpc) is 2.27. The molecule has 1 saturated heterocycles. The van der Waals surface area contributed by atoms with Gasteiger partial charge in [0, 0.05) is 6.04 Å². The summed E-state index contributed by atoms with van der Waals surface area (Å²) in [5.41, 5.74) is 4.93. The Kier molecular flexibility index (Phi) is 4.89. The zero-order chi connectivity index (χ0) is 11.3. The van der Waals surface area contributed by atoms with Crippen LogP contribution in [0.15, 0.2) is 0 Å². The number of carboxylic acid groups (broad SMARTS) is 1. The molecule has 2 atom stereocenters.